The zero-order valence-electron chi connectivity index (χ0n) is 18.5. The molecule has 2 atom stereocenters. The van der Waals surface area contributed by atoms with E-state index in [-0.39, 0.29) is 0 Å². The first-order valence-corrected chi connectivity index (χ1v) is 10.9. The second kappa shape index (κ2) is 8.48. The van der Waals surface area contributed by atoms with Crippen molar-refractivity contribution in [1.29, 1.82) is 0 Å². The number of piperidine rings is 1. The third kappa shape index (κ3) is 3.88. The Labute approximate surface area is 179 Å². The summed E-state index contributed by atoms with van der Waals surface area (Å²) < 4.78 is 16.6. The van der Waals surface area contributed by atoms with E-state index in [1.54, 1.807) is 14.2 Å². The highest BCUT2D eigenvalue weighted by Crippen LogP contribution is 2.47. The van der Waals surface area contributed by atoms with Crippen LogP contribution < -0.4 is 14.2 Å². The number of aliphatic hydroxyl groups is 1. The molecule has 0 unspecified atom stereocenters. The SMILES string of the molecule is CCOc1cc(CN2[C@@H]3CC[C@@H]2CC(O)(c2ccc(OC)cc2)C3)c(C)cc1OC. The van der Waals surface area contributed by atoms with Crippen molar-refractivity contribution in [2.45, 2.75) is 63.8 Å². The van der Waals surface area contributed by atoms with Crippen LogP contribution in [0.1, 0.15) is 49.3 Å². The van der Waals surface area contributed by atoms with Crippen LogP contribution in [0.4, 0.5) is 0 Å². The highest BCUT2D eigenvalue weighted by molar-refractivity contribution is 5.47. The zero-order valence-corrected chi connectivity index (χ0v) is 18.5. The molecule has 2 aromatic rings. The Hall–Kier alpha value is -2.24. The highest BCUT2D eigenvalue weighted by atomic mass is 16.5. The van der Waals surface area contributed by atoms with Gasteiger partial charge in [-0.05, 0) is 80.5 Å². The number of rotatable bonds is 7. The van der Waals surface area contributed by atoms with Crippen LogP contribution in [0.25, 0.3) is 0 Å². The van der Waals surface area contributed by atoms with Gasteiger partial charge in [-0.2, -0.15) is 0 Å². The van der Waals surface area contributed by atoms with E-state index in [0.29, 0.717) is 18.7 Å². The minimum atomic E-state index is -0.764. The van der Waals surface area contributed by atoms with Crippen molar-refractivity contribution in [2.75, 3.05) is 20.8 Å². The summed E-state index contributed by atoms with van der Waals surface area (Å²) in [5.41, 5.74) is 2.72. The third-order valence-corrected chi connectivity index (χ3v) is 6.82. The summed E-state index contributed by atoms with van der Waals surface area (Å²) in [6, 6.07) is 12.9. The van der Waals surface area contributed by atoms with Gasteiger partial charge in [-0.1, -0.05) is 12.1 Å². The van der Waals surface area contributed by atoms with Crippen LogP contribution in [0.15, 0.2) is 36.4 Å². The average molecular weight is 412 g/mol. The van der Waals surface area contributed by atoms with Crippen LogP contribution in [-0.2, 0) is 12.1 Å². The van der Waals surface area contributed by atoms with E-state index in [2.05, 4.69) is 24.0 Å². The lowest BCUT2D eigenvalue weighted by Gasteiger charge is -2.44. The summed E-state index contributed by atoms with van der Waals surface area (Å²) in [5.74, 6) is 2.41. The number of hydrogen-bond donors (Lipinski definition) is 1. The second-order valence-corrected chi connectivity index (χ2v) is 8.59. The Kier molecular flexibility index (Phi) is 5.94. The van der Waals surface area contributed by atoms with Gasteiger partial charge in [0.15, 0.2) is 11.5 Å². The van der Waals surface area contributed by atoms with Gasteiger partial charge in [-0.25, -0.2) is 0 Å². The maximum Gasteiger partial charge on any atom is 0.161 e. The van der Waals surface area contributed by atoms with Gasteiger partial charge in [0, 0.05) is 18.6 Å². The summed E-state index contributed by atoms with van der Waals surface area (Å²) >= 11 is 0. The fourth-order valence-corrected chi connectivity index (χ4v) is 5.21. The van der Waals surface area contributed by atoms with E-state index in [1.807, 2.05) is 31.2 Å². The summed E-state index contributed by atoms with van der Waals surface area (Å²) in [4.78, 5) is 2.59. The molecule has 2 saturated heterocycles. The molecule has 5 nitrogen and oxygen atoms in total. The fourth-order valence-electron chi connectivity index (χ4n) is 5.21. The molecule has 2 aliphatic heterocycles. The number of fused-ring (bicyclic) bond motifs is 2. The Morgan fingerprint density at radius 2 is 1.67 bits per heavy atom. The van der Waals surface area contributed by atoms with Crippen LogP contribution in [0, 0.1) is 6.92 Å². The maximum atomic E-state index is 11.5. The normalized spacial score (nSPS) is 25.9. The minimum absolute atomic E-state index is 0.382. The van der Waals surface area contributed by atoms with Crippen LogP contribution in [0.2, 0.25) is 0 Å². The monoisotopic (exact) mass is 411 g/mol. The predicted molar refractivity (Wildman–Crippen MR) is 117 cm³/mol. The molecule has 2 aliphatic rings. The third-order valence-electron chi connectivity index (χ3n) is 6.82. The van der Waals surface area contributed by atoms with Crippen LogP contribution >= 0.6 is 0 Å². The fraction of sp³-hybridized carbons (Fsp3) is 0.520. The molecule has 5 heteroatoms. The van der Waals surface area contributed by atoms with Crippen molar-refractivity contribution in [3.63, 3.8) is 0 Å². The molecule has 0 aliphatic carbocycles. The van der Waals surface area contributed by atoms with E-state index in [4.69, 9.17) is 14.2 Å². The first-order chi connectivity index (χ1) is 14.5. The van der Waals surface area contributed by atoms with Crippen LogP contribution in [0.3, 0.4) is 0 Å². The molecule has 2 fully saturated rings. The Balaban J connectivity index is 1.54. The number of ether oxygens (including phenoxy) is 3. The van der Waals surface area contributed by atoms with Crippen molar-refractivity contribution in [1.82, 2.24) is 4.90 Å². The molecule has 30 heavy (non-hydrogen) atoms. The van der Waals surface area contributed by atoms with Gasteiger partial charge in [-0.15, -0.1) is 0 Å². The lowest BCUT2D eigenvalue weighted by Crippen LogP contribution is -2.49. The van der Waals surface area contributed by atoms with E-state index in [0.717, 1.165) is 55.0 Å². The topological polar surface area (TPSA) is 51.2 Å². The van der Waals surface area contributed by atoms with Crippen LogP contribution in [-0.4, -0.2) is 42.9 Å². The number of methoxy groups -OCH3 is 2. The first-order valence-electron chi connectivity index (χ1n) is 10.9. The van der Waals surface area contributed by atoms with Crippen molar-refractivity contribution in [3.05, 3.63) is 53.1 Å². The summed E-state index contributed by atoms with van der Waals surface area (Å²) in [7, 11) is 3.35. The molecule has 2 bridgehead atoms. The molecule has 2 aromatic carbocycles. The molecule has 2 heterocycles. The van der Waals surface area contributed by atoms with Gasteiger partial charge >= 0.3 is 0 Å². The summed E-state index contributed by atoms with van der Waals surface area (Å²) in [6.45, 7) is 5.61. The molecule has 0 amide bonds. The number of aryl methyl sites for hydroxylation is 1. The van der Waals surface area contributed by atoms with Gasteiger partial charge in [0.1, 0.15) is 5.75 Å². The van der Waals surface area contributed by atoms with Crippen molar-refractivity contribution >= 4 is 0 Å². The molecule has 4 rings (SSSR count). The van der Waals surface area contributed by atoms with E-state index in [9.17, 15) is 5.11 Å². The lowest BCUT2D eigenvalue weighted by molar-refractivity contribution is -0.0595. The minimum Gasteiger partial charge on any atom is -0.497 e. The first kappa shape index (κ1) is 21.0. The molecule has 0 radical (unpaired) electrons. The summed E-state index contributed by atoms with van der Waals surface area (Å²) in [5, 5.41) is 11.5. The van der Waals surface area contributed by atoms with Gasteiger partial charge in [-0.3, -0.25) is 4.90 Å². The van der Waals surface area contributed by atoms with E-state index >= 15 is 0 Å². The molecular formula is C25H33NO4. The Morgan fingerprint density at radius 1 is 1.00 bits per heavy atom. The molecule has 0 aromatic heterocycles. The molecule has 162 valence electrons. The average Bonchev–Trinajstić information content (AvgIpc) is 2.99. The smallest absolute Gasteiger partial charge is 0.161 e. The zero-order chi connectivity index (χ0) is 21.3. The predicted octanol–water partition coefficient (Wildman–Crippen LogP) is 4.43. The highest BCUT2D eigenvalue weighted by Gasteiger charge is 2.48. The lowest BCUT2D eigenvalue weighted by atomic mass is 9.80. The van der Waals surface area contributed by atoms with Gasteiger partial charge in [0.2, 0.25) is 0 Å². The Morgan fingerprint density at radius 3 is 2.23 bits per heavy atom. The van der Waals surface area contributed by atoms with Crippen molar-refractivity contribution in [2.24, 2.45) is 0 Å². The largest absolute Gasteiger partial charge is 0.497 e. The second-order valence-electron chi connectivity index (χ2n) is 8.59. The van der Waals surface area contributed by atoms with Gasteiger partial charge in [0.25, 0.3) is 0 Å². The van der Waals surface area contributed by atoms with Gasteiger partial charge in [0.05, 0.1) is 26.4 Å². The van der Waals surface area contributed by atoms with Crippen molar-refractivity contribution in [3.8, 4) is 17.2 Å². The number of hydrogen-bond acceptors (Lipinski definition) is 5. The molecular weight excluding hydrogens is 378 g/mol. The van der Waals surface area contributed by atoms with Crippen LogP contribution in [0.5, 0.6) is 17.2 Å². The maximum absolute atomic E-state index is 11.5. The molecule has 0 spiro atoms. The quantitative estimate of drug-likeness (QED) is 0.731. The molecule has 0 saturated carbocycles. The van der Waals surface area contributed by atoms with E-state index in [1.165, 1.54) is 11.1 Å². The number of nitrogens with zero attached hydrogens (tertiary/aromatic N) is 1. The molecule has 1 N–H and O–H groups in total. The Bertz CT molecular complexity index is 865. The van der Waals surface area contributed by atoms with Gasteiger partial charge < -0.3 is 19.3 Å². The summed E-state index contributed by atoms with van der Waals surface area (Å²) in [6.07, 6.45) is 3.81. The van der Waals surface area contributed by atoms with E-state index < -0.39 is 5.60 Å². The van der Waals surface area contributed by atoms with Crippen molar-refractivity contribution < 1.29 is 19.3 Å². The standard InChI is InChI=1S/C25H33NO4/c1-5-30-24-13-18(17(2)12-23(24)29-4)16-26-20-8-9-21(26)15-25(27,14-20)19-6-10-22(28-3)11-7-19/h6-7,10-13,20-21,27H,5,8-9,14-16H2,1-4H3/t20-,21-/m1/s1. The number of benzene rings is 2.